The van der Waals surface area contributed by atoms with E-state index >= 15 is 0 Å². The van der Waals surface area contributed by atoms with Gasteiger partial charge in [-0.2, -0.15) is 0 Å². The number of rotatable bonds is 6. The quantitative estimate of drug-likeness (QED) is 0.561. The van der Waals surface area contributed by atoms with E-state index in [2.05, 4.69) is 38.5 Å². The number of nitrogens with one attached hydrogen (secondary N) is 3. The Hall–Kier alpha value is -2.34. The molecule has 0 saturated heterocycles. The van der Waals surface area contributed by atoms with E-state index in [1.54, 1.807) is 25.4 Å². The minimum atomic E-state index is -0.0736. The number of thiophene rings is 1. The molecule has 0 spiro atoms. The molecular formula is C17H22N4OS. The molecule has 0 atom stereocenters. The third-order valence-corrected chi connectivity index (χ3v) is 4.31. The molecule has 5 nitrogen and oxygen atoms in total. The molecule has 1 heterocycles. The molecule has 0 radical (unpaired) electrons. The zero-order valence-electron chi connectivity index (χ0n) is 13.4. The van der Waals surface area contributed by atoms with E-state index in [0.29, 0.717) is 12.1 Å². The lowest BCUT2D eigenvalue weighted by Crippen LogP contribution is -2.37. The van der Waals surface area contributed by atoms with Gasteiger partial charge in [-0.1, -0.05) is 18.2 Å². The van der Waals surface area contributed by atoms with Crippen molar-refractivity contribution >= 4 is 23.2 Å². The van der Waals surface area contributed by atoms with Gasteiger partial charge in [0.2, 0.25) is 0 Å². The van der Waals surface area contributed by atoms with E-state index < -0.39 is 0 Å². The molecule has 0 fully saturated rings. The van der Waals surface area contributed by atoms with Crippen LogP contribution in [-0.2, 0) is 13.0 Å². The van der Waals surface area contributed by atoms with E-state index in [4.69, 9.17) is 0 Å². The Morgan fingerprint density at radius 2 is 1.96 bits per heavy atom. The normalized spacial score (nSPS) is 11.1. The summed E-state index contributed by atoms with van der Waals surface area (Å²) in [6.07, 6.45) is 0.985. The summed E-state index contributed by atoms with van der Waals surface area (Å²) in [4.78, 5) is 17.1. The van der Waals surface area contributed by atoms with Crippen LogP contribution in [0.2, 0.25) is 0 Å². The Morgan fingerprint density at radius 1 is 1.17 bits per heavy atom. The minimum absolute atomic E-state index is 0.0736. The van der Waals surface area contributed by atoms with Crippen LogP contribution in [0.4, 0.5) is 0 Å². The molecule has 3 N–H and O–H groups in total. The average molecular weight is 330 g/mol. The second kappa shape index (κ2) is 8.95. The monoisotopic (exact) mass is 330 g/mol. The maximum Gasteiger partial charge on any atom is 0.251 e. The molecule has 0 saturated carbocycles. The van der Waals surface area contributed by atoms with E-state index in [1.807, 2.05) is 24.3 Å². The fourth-order valence-corrected chi connectivity index (χ4v) is 2.79. The first-order valence-electron chi connectivity index (χ1n) is 7.51. The van der Waals surface area contributed by atoms with E-state index in [9.17, 15) is 4.79 Å². The molecule has 1 aromatic heterocycles. The first-order chi connectivity index (χ1) is 11.2. The fourth-order valence-electron chi connectivity index (χ4n) is 2.08. The number of benzene rings is 1. The van der Waals surface area contributed by atoms with Crippen molar-refractivity contribution in [1.29, 1.82) is 0 Å². The van der Waals surface area contributed by atoms with Gasteiger partial charge in [0.1, 0.15) is 0 Å². The molecule has 2 rings (SSSR count). The van der Waals surface area contributed by atoms with Crippen LogP contribution in [0.15, 0.2) is 46.8 Å². The van der Waals surface area contributed by atoms with Crippen LogP contribution in [0.5, 0.6) is 0 Å². The highest BCUT2D eigenvalue weighted by atomic mass is 32.1. The van der Waals surface area contributed by atoms with Gasteiger partial charge in [0.05, 0.1) is 0 Å². The topological polar surface area (TPSA) is 65.5 Å². The summed E-state index contributed by atoms with van der Waals surface area (Å²) in [5.41, 5.74) is 1.76. The molecule has 23 heavy (non-hydrogen) atoms. The lowest BCUT2D eigenvalue weighted by Gasteiger charge is -2.12. The summed E-state index contributed by atoms with van der Waals surface area (Å²) in [6, 6.07) is 11.7. The highest BCUT2D eigenvalue weighted by Crippen LogP contribution is 2.08. The molecule has 122 valence electrons. The van der Waals surface area contributed by atoms with Crippen molar-refractivity contribution in [2.75, 3.05) is 20.6 Å². The van der Waals surface area contributed by atoms with Crippen LogP contribution in [0.25, 0.3) is 0 Å². The van der Waals surface area contributed by atoms with Crippen LogP contribution < -0.4 is 16.0 Å². The summed E-state index contributed by atoms with van der Waals surface area (Å²) < 4.78 is 0. The highest BCUT2D eigenvalue weighted by molar-refractivity contribution is 7.09. The SMILES string of the molecule is CN=C(NCCc1cccs1)NCc1ccc(C(=O)NC)cc1. The summed E-state index contributed by atoms with van der Waals surface area (Å²) >= 11 is 1.76. The van der Waals surface area contributed by atoms with Gasteiger partial charge in [-0.3, -0.25) is 9.79 Å². The van der Waals surface area contributed by atoms with E-state index in [1.165, 1.54) is 4.88 Å². The molecule has 0 aliphatic carbocycles. The summed E-state index contributed by atoms with van der Waals surface area (Å²) in [5.74, 6) is 0.701. The fraction of sp³-hybridized carbons (Fsp3) is 0.294. The van der Waals surface area contributed by atoms with Gasteiger partial charge in [0.15, 0.2) is 5.96 Å². The molecule has 0 aliphatic rings. The zero-order chi connectivity index (χ0) is 16.5. The van der Waals surface area contributed by atoms with Gasteiger partial charge >= 0.3 is 0 Å². The highest BCUT2D eigenvalue weighted by Gasteiger charge is 2.03. The molecule has 0 aliphatic heterocycles. The van der Waals surface area contributed by atoms with Crippen molar-refractivity contribution in [3.63, 3.8) is 0 Å². The van der Waals surface area contributed by atoms with Crippen molar-refractivity contribution in [2.24, 2.45) is 4.99 Å². The number of carbonyl (C=O) groups is 1. The van der Waals surface area contributed by atoms with Crippen molar-refractivity contribution < 1.29 is 4.79 Å². The van der Waals surface area contributed by atoms with Crippen LogP contribution in [0, 0.1) is 0 Å². The summed E-state index contributed by atoms with van der Waals surface area (Å²) in [5, 5.41) is 11.3. The van der Waals surface area contributed by atoms with Crippen molar-refractivity contribution in [3.8, 4) is 0 Å². The smallest absolute Gasteiger partial charge is 0.251 e. The number of nitrogens with zero attached hydrogens (tertiary/aromatic N) is 1. The first kappa shape index (κ1) is 17.0. The maximum atomic E-state index is 11.5. The predicted molar refractivity (Wildman–Crippen MR) is 96.1 cm³/mol. The van der Waals surface area contributed by atoms with E-state index in [0.717, 1.165) is 24.5 Å². The number of aliphatic imine (C=N–C) groups is 1. The lowest BCUT2D eigenvalue weighted by molar-refractivity contribution is 0.0963. The van der Waals surface area contributed by atoms with E-state index in [-0.39, 0.29) is 5.91 Å². The second-order valence-electron chi connectivity index (χ2n) is 4.96. The predicted octanol–water partition coefficient (Wildman–Crippen LogP) is 2.02. The molecule has 6 heteroatoms. The maximum absolute atomic E-state index is 11.5. The van der Waals surface area contributed by atoms with Gasteiger partial charge in [-0.25, -0.2) is 0 Å². The molecular weight excluding hydrogens is 308 g/mol. The molecule has 0 unspecified atom stereocenters. The first-order valence-corrected chi connectivity index (χ1v) is 8.39. The van der Waals surface area contributed by atoms with Crippen LogP contribution >= 0.6 is 11.3 Å². The molecule has 2 aromatic rings. The number of hydrogen-bond acceptors (Lipinski definition) is 3. The van der Waals surface area contributed by atoms with Gasteiger partial charge in [0.25, 0.3) is 5.91 Å². The van der Waals surface area contributed by atoms with Gasteiger partial charge in [-0.15, -0.1) is 11.3 Å². The van der Waals surface area contributed by atoms with Crippen molar-refractivity contribution in [3.05, 3.63) is 57.8 Å². The number of amides is 1. The zero-order valence-corrected chi connectivity index (χ0v) is 14.2. The van der Waals surface area contributed by atoms with Gasteiger partial charge in [0, 0.05) is 37.6 Å². The summed E-state index contributed by atoms with van der Waals surface area (Å²) in [7, 11) is 3.39. The second-order valence-corrected chi connectivity index (χ2v) is 5.99. The number of guanidine groups is 1. The molecule has 0 bridgehead atoms. The molecule has 1 amide bonds. The largest absolute Gasteiger partial charge is 0.356 e. The Bertz CT molecular complexity index is 635. The lowest BCUT2D eigenvalue weighted by atomic mass is 10.1. The Labute approximate surface area is 140 Å². The van der Waals surface area contributed by atoms with Crippen LogP contribution in [0.1, 0.15) is 20.8 Å². The Morgan fingerprint density at radius 3 is 2.57 bits per heavy atom. The van der Waals surface area contributed by atoms with Gasteiger partial charge < -0.3 is 16.0 Å². The Kier molecular flexibility index (Phi) is 6.62. The standard InChI is InChI=1S/C17H22N4OS/c1-18-16(22)14-7-5-13(6-8-14)12-21-17(19-2)20-10-9-15-4-3-11-23-15/h3-8,11H,9-10,12H2,1-2H3,(H,18,22)(H2,19,20,21). The van der Waals surface area contributed by atoms with Crippen LogP contribution in [-0.4, -0.2) is 32.5 Å². The van der Waals surface area contributed by atoms with Crippen molar-refractivity contribution in [1.82, 2.24) is 16.0 Å². The Balaban J connectivity index is 1.77. The summed E-state index contributed by atoms with van der Waals surface area (Å²) in [6.45, 7) is 1.50. The third-order valence-electron chi connectivity index (χ3n) is 3.37. The number of carbonyl (C=O) groups excluding carboxylic acids is 1. The molecule has 1 aromatic carbocycles. The third kappa shape index (κ3) is 5.41. The number of hydrogen-bond donors (Lipinski definition) is 3. The van der Waals surface area contributed by atoms with Gasteiger partial charge in [-0.05, 0) is 35.6 Å². The van der Waals surface area contributed by atoms with Crippen LogP contribution in [0.3, 0.4) is 0 Å². The van der Waals surface area contributed by atoms with Crippen molar-refractivity contribution in [2.45, 2.75) is 13.0 Å². The minimum Gasteiger partial charge on any atom is -0.356 e. The average Bonchev–Trinajstić information content (AvgIpc) is 3.11.